The first-order valence-corrected chi connectivity index (χ1v) is 8.01. The Labute approximate surface area is 138 Å². The van der Waals surface area contributed by atoms with E-state index in [1.54, 1.807) is 6.20 Å². The van der Waals surface area contributed by atoms with Crippen LogP contribution in [0.25, 0.3) is 11.0 Å². The number of fused-ring (bicyclic) bond motifs is 2. The highest BCUT2D eigenvalue weighted by atomic mass is 19.1. The number of urea groups is 1. The fraction of sp³-hybridized carbons (Fsp3) is 0.222. The number of benzene rings is 1. The van der Waals surface area contributed by atoms with Crippen molar-refractivity contribution in [1.29, 1.82) is 0 Å². The van der Waals surface area contributed by atoms with Gasteiger partial charge < -0.3 is 15.6 Å². The number of halogens is 1. The van der Waals surface area contributed by atoms with Gasteiger partial charge in [0, 0.05) is 17.3 Å². The van der Waals surface area contributed by atoms with Crippen molar-refractivity contribution in [2.45, 2.75) is 25.7 Å². The van der Waals surface area contributed by atoms with E-state index in [0.29, 0.717) is 16.7 Å². The van der Waals surface area contributed by atoms with Gasteiger partial charge in [0.2, 0.25) is 0 Å². The number of aromatic nitrogens is 2. The van der Waals surface area contributed by atoms with Gasteiger partial charge in [0.15, 0.2) is 0 Å². The predicted octanol–water partition coefficient (Wildman–Crippen LogP) is 4.22. The Balaban J connectivity index is 1.51. The summed E-state index contributed by atoms with van der Waals surface area (Å²) in [6.45, 7) is 0. The minimum Gasteiger partial charge on any atom is -0.344 e. The highest BCUT2D eigenvalue weighted by molar-refractivity contribution is 6.05. The number of anilines is 2. The molecule has 5 nitrogen and oxygen atoms in total. The molecule has 1 aliphatic rings. The van der Waals surface area contributed by atoms with Gasteiger partial charge in [-0.1, -0.05) is 6.07 Å². The monoisotopic (exact) mass is 324 g/mol. The summed E-state index contributed by atoms with van der Waals surface area (Å²) in [6.07, 6.45) is 7.32. The van der Waals surface area contributed by atoms with Crippen LogP contribution in [0.2, 0.25) is 0 Å². The van der Waals surface area contributed by atoms with Crippen LogP contribution in [0.15, 0.2) is 36.7 Å². The maximum absolute atomic E-state index is 13.3. The van der Waals surface area contributed by atoms with E-state index in [9.17, 15) is 9.18 Å². The van der Waals surface area contributed by atoms with Crippen LogP contribution in [0.5, 0.6) is 0 Å². The first kappa shape index (κ1) is 14.7. The zero-order valence-corrected chi connectivity index (χ0v) is 13.0. The third kappa shape index (κ3) is 2.82. The number of nitrogens with zero attached hydrogens (tertiary/aromatic N) is 1. The molecular weight excluding hydrogens is 307 g/mol. The Bertz CT molecular complexity index is 919. The van der Waals surface area contributed by atoms with E-state index >= 15 is 0 Å². The van der Waals surface area contributed by atoms with E-state index in [1.807, 2.05) is 12.1 Å². The zero-order chi connectivity index (χ0) is 16.5. The zero-order valence-electron chi connectivity index (χ0n) is 13.0. The van der Waals surface area contributed by atoms with Gasteiger partial charge in [0.05, 0.1) is 11.9 Å². The van der Waals surface area contributed by atoms with E-state index < -0.39 is 5.82 Å². The number of hydrogen-bond donors (Lipinski definition) is 3. The molecule has 24 heavy (non-hydrogen) atoms. The second-order valence-corrected chi connectivity index (χ2v) is 6.02. The lowest BCUT2D eigenvalue weighted by Crippen LogP contribution is -2.19. The molecule has 0 radical (unpaired) electrons. The van der Waals surface area contributed by atoms with E-state index in [1.165, 1.54) is 30.0 Å². The molecule has 0 atom stereocenters. The third-order valence-corrected chi connectivity index (χ3v) is 4.35. The van der Waals surface area contributed by atoms with Crippen LogP contribution in [-0.4, -0.2) is 16.0 Å². The summed E-state index contributed by atoms with van der Waals surface area (Å²) < 4.78 is 13.3. The minimum absolute atomic E-state index is 0.365. The smallest absolute Gasteiger partial charge is 0.323 e. The SMILES string of the molecule is O=C(Nc1ccc2c(c1)CCCC2)Nc1c[nH]c2ncc(F)cc12. The van der Waals surface area contributed by atoms with Crippen LogP contribution in [0.3, 0.4) is 0 Å². The number of carbonyl (C=O) groups is 1. The average Bonchev–Trinajstić information content (AvgIpc) is 2.97. The number of aryl methyl sites for hydroxylation is 2. The molecule has 0 saturated heterocycles. The maximum Gasteiger partial charge on any atom is 0.323 e. The third-order valence-electron chi connectivity index (χ3n) is 4.35. The van der Waals surface area contributed by atoms with Crippen molar-refractivity contribution in [2.75, 3.05) is 10.6 Å². The van der Waals surface area contributed by atoms with Crippen molar-refractivity contribution in [3.63, 3.8) is 0 Å². The van der Waals surface area contributed by atoms with Gasteiger partial charge in [-0.05, 0) is 55.0 Å². The highest BCUT2D eigenvalue weighted by Gasteiger charge is 2.12. The van der Waals surface area contributed by atoms with Crippen LogP contribution >= 0.6 is 0 Å². The van der Waals surface area contributed by atoms with E-state index in [4.69, 9.17) is 0 Å². The fourth-order valence-electron chi connectivity index (χ4n) is 3.18. The van der Waals surface area contributed by atoms with Crippen molar-refractivity contribution in [2.24, 2.45) is 0 Å². The molecule has 1 aliphatic carbocycles. The second-order valence-electron chi connectivity index (χ2n) is 6.02. The molecule has 3 aromatic rings. The number of H-pyrrole nitrogens is 1. The van der Waals surface area contributed by atoms with Gasteiger partial charge in [0.1, 0.15) is 11.5 Å². The first-order chi connectivity index (χ1) is 11.7. The van der Waals surface area contributed by atoms with Crippen molar-refractivity contribution in [1.82, 2.24) is 9.97 Å². The number of nitrogens with one attached hydrogen (secondary N) is 3. The molecule has 0 bridgehead atoms. The molecule has 0 unspecified atom stereocenters. The van der Waals surface area contributed by atoms with Crippen molar-refractivity contribution < 1.29 is 9.18 Å². The molecule has 2 amide bonds. The van der Waals surface area contributed by atoms with Gasteiger partial charge in [-0.15, -0.1) is 0 Å². The second kappa shape index (κ2) is 5.96. The number of pyridine rings is 1. The van der Waals surface area contributed by atoms with Gasteiger partial charge in [-0.25, -0.2) is 14.2 Å². The normalized spacial score (nSPS) is 13.5. The quantitative estimate of drug-likeness (QED) is 0.660. The Morgan fingerprint density at radius 1 is 1.12 bits per heavy atom. The molecule has 0 fully saturated rings. The van der Waals surface area contributed by atoms with E-state index in [2.05, 4.69) is 26.7 Å². The summed E-state index contributed by atoms with van der Waals surface area (Å²) >= 11 is 0. The molecule has 0 saturated carbocycles. The summed E-state index contributed by atoms with van der Waals surface area (Å²) in [5.74, 6) is -0.444. The number of carbonyl (C=O) groups excluding carboxylic acids is 1. The van der Waals surface area contributed by atoms with Crippen LogP contribution in [0.1, 0.15) is 24.0 Å². The standard InChI is InChI=1S/C18H17FN4O/c19-13-8-15-16(10-21-17(15)20-9-13)23-18(24)22-14-6-5-11-3-1-2-4-12(11)7-14/h5-10H,1-4H2,(H,20,21)(H2,22,23,24). The largest absolute Gasteiger partial charge is 0.344 e. The summed E-state index contributed by atoms with van der Waals surface area (Å²) in [7, 11) is 0. The summed E-state index contributed by atoms with van der Waals surface area (Å²) in [6, 6.07) is 7.00. The number of aromatic amines is 1. The summed E-state index contributed by atoms with van der Waals surface area (Å²) in [5, 5.41) is 6.10. The Morgan fingerprint density at radius 2 is 1.96 bits per heavy atom. The van der Waals surface area contributed by atoms with Gasteiger partial charge in [-0.2, -0.15) is 0 Å². The first-order valence-electron chi connectivity index (χ1n) is 8.01. The van der Waals surface area contributed by atoms with Crippen LogP contribution in [-0.2, 0) is 12.8 Å². The van der Waals surface area contributed by atoms with Gasteiger partial charge in [-0.3, -0.25) is 0 Å². The van der Waals surface area contributed by atoms with Crippen molar-refractivity contribution in [3.05, 3.63) is 53.6 Å². The average molecular weight is 324 g/mol. The Hall–Kier alpha value is -2.89. The predicted molar refractivity (Wildman–Crippen MR) is 91.8 cm³/mol. The maximum atomic E-state index is 13.3. The topological polar surface area (TPSA) is 69.8 Å². The molecule has 4 rings (SSSR count). The summed E-state index contributed by atoms with van der Waals surface area (Å²) in [5.41, 5.74) is 4.45. The van der Waals surface area contributed by atoms with E-state index in [-0.39, 0.29) is 6.03 Å². The molecule has 2 heterocycles. The molecule has 3 N–H and O–H groups in total. The van der Waals surface area contributed by atoms with Gasteiger partial charge >= 0.3 is 6.03 Å². The molecular formula is C18H17FN4O. The molecule has 0 spiro atoms. The van der Waals surface area contributed by atoms with Crippen LogP contribution in [0.4, 0.5) is 20.6 Å². The summed E-state index contributed by atoms with van der Waals surface area (Å²) in [4.78, 5) is 19.1. The number of rotatable bonds is 2. The van der Waals surface area contributed by atoms with Crippen LogP contribution < -0.4 is 10.6 Å². The fourth-order valence-corrected chi connectivity index (χ4v) is 3.18. The lowest BCUT2D eigenvalue weighted by Gasteiger charge is -2.17. The molecule has 0 aliphatic heterocycles. The molecule has 2 aromatic heterocycles. The molecule has 1 aromatic carbocycles. The minimum atomic E-state index is -0.444. The Morgan fingerprint density at radius 3 is 2.83 bits per heavy atom. The lowest BCUT2D eigenvalue weighted by molar-refractivity contribution is 0.262. The van der Waals surface area contributed by atoms with Gasteiger partial charge in [0.25, 0.3) is 0 Å². The van der Waals surface area contributed by atoms with Crippen LogP contribution in [0, 0.1) is 5.82 Å². The highest BCUT2D eigenvalue weighted by Crippen LogP contribution is 2.25. The van der Waals surface area contributed by atoms with E-state index in [0.717, 1.165) is 24.7 Å². The molecule has 6 heteroatoms. The van der Waals surface area contributed by atoms with Crippen molar-refractivity contribution in [3.8, 4) is 0 Å². The van der Waals surface area contributed by atoms with Crippen molar-refractivity contribution >= 4 is 28.4 Å². The number of hydrogen-bond acceptors (Lipinski definition) is 2. The molecule has 122 valence electrons. The Kier molecular flexibility index (Phi) is 3.65. The number of amides is 2. The lowest BCUT2D eigenvalue weighted by atomic mass is 9.91.